The van der Waals surface area contributed by atoms with Gasteiger partial charge in [0, 0.05) is 13.1 Å². The Bertz CT molecular complexity index is 397. The maximum Gasteiger partial charge on any atom is 0.175 e. The highest BCUT2D eigenvalue weighted by atomic mass is 79.9. The molecule has 1 aromatic carbocycles. The third kappa shape index (κ3) is 5.38. The van der Waals surface area contributed by atoms with Crippen molar-refractivity contribution in [2.24, 2.45) is 0 Å². The number of rotatable bonds is 8. The molecule has 4 nitrogen and oxygen atoms in total. The van der Waals surface area contributed by atoms with Gasteiger partial charge >= 0.3 is 0 Å². The molecule has 0 aromatic heterocycles. The molecule has 1 atom stereocenters. The zero-order valence-corrected chi connectivity index (χ0v) is 13.3. The lowest BCUT2D eigenvalue weighted by atomic mass is 10.2. The predicted molar refractivity (Wildman–Crippen MR) is 79.9 cm³/mol. The van der Waals surface area contributed by atoms with E-state index in [9.17, 15) is 5.11 Å². The molecule has 0 fully saturated rings. The summed E-state index contributed by atoms with van der Waals surface area (Å²) in [5.74, 6) is 1.46. The number of methoxy groups -OCH3 is 1. The van der Waals surface area contributed by atoms with Gasteiger partial charge in [-0.25, -0.2) is 0 Å². The van der Waals surface area contributed by atoms with Gasteiger partial charge < -0.3 is 19.9 Å². The Morgan fingerprint density at radius 1 is 1.42 bits per heavy atom. The van der Waals surface area contributed by atoms with Crippen molar-refractivity contribution < 1.29 is 14.6 Å². The van der Waals surface area contributed by atoms with Crippen molar-refractivity contribution in [2.45, 2.75) is 32.9 Å². The number of ether oxygens (including phenoxy) is 2. The van der Waals surface area contributed by atoms with Crippen LogP contribution < -0.4 is 14.8 Å². The summed E-state index contributed by atoms with van der Waals surface area (Å²) in [7, 11) is 1.63. The molecule has 19 heavy (non-hydrogen) atoms. The summed E-state index contributed by atoms with van der Waals surface area (Å²) >= 11 is 3.51. The molecule has 0 spiro atoms. The monoisotopic (exact) mass is 331 g/mol. The minimum atomic E-state index is -0.350. The van der Waals surface area contributed by atoms with Crippen molar-refractivity contribution in [1.82, 2.24) is 5.32 Å². The van der Waals surface area contributed by atoms with Crippen LogP contribution in [0, 0.1) is 0 Å². The number of benzene rings is 1. The summed E-state index contributed by atoms with van der Waals surface area (Å²) in [5.41, 5.74) is 1.08. The molecule has 0 bridgehead atoms. The summed E-state index contributed by atoms with van der Waals surface area (Å²) < 4.78 is 11.9. The van der Waals surface area contributed by atoms with Crippen molar-refractivity contribution in [3.8, 4) is 11.5 Å². The highest BCUT2D eigenvalue weighted by Crippen LogP contribution is 2.36. The first kappa shape index (κ1) is 16.3. The molecule has 5 heteroatoms. The minimum absolute atomic E-state index is 0.350. The fraction of sp³-hybridized carbons (Fsp3) is 0.571. The van der Waals surface area contributed by atoms with E-state index < -0.39 is 0 Å². The lowest BCUT2D eigenvalue weighted by molar-refractivity contribution is 0.191. The van der Waals surface area contributed by atoms with Gasteiger partial charge in [-0.15, -0.1) is 0 Å². The van der Waals surface area contributed by atoms with Crippen molar-refractivity contribution in [3.05, 3.63) is 22.2 Å². The Morgan fingerprint density at radius 2 is 2.16 bits per heavy atom. The highest BCUT2D eigenvalue weighted by molar-refractivity contribution is 9.10. The average molecular weight is 332 g/mol. The Kier molecular flexibility index (Phi) is 7.20. The van der Waals surface area contributed by atoms with Crippen LogP contribution in [0.4, 0.5) is 0 Å². The molecule has 0 saturated carbocycles. The summed E-state index contributed by atoms with van der Waals surface area (Å²) in [4.78, 5) is 0. The molecule has 0 aliphatic carbocycles. The molecule has 0 aliphatic rings. The number of halogens is 1. The smallest absolute Gasteiger partial charge is 0.175 e. The van der Waals surface area contributed by atoms with Crippen LogP contribution in [0.15, 0.2) is 16.6 Å². The first-order valence-electron chi connectivity index (χ1n) is 6.46. The van der Waals surface area contributed by atoms with Crippen molar-refractivity contribution in [1.29, 1.82) is 0 Å². The van der Waals surface area contributed by atoms with E-state index >= 15 is 0 Å². The summed E-state index contributed by atoms with van der Waals surface area (Å²) in [6, 6.07) is 3.95. The van der Waals surface area contributed by atoms with Crippen LogP contribution in [0.5, 0.6) is 11.5 Å². The van der Waals surface area contributed by atoms with Gasteiger partial charge in [-0.3, -0.25) is 0 Å². The number of nitrogens with one attached hydrogen (secondary N) is 1. The maximum atomic E-state index is 9.21. The molecule has 2 N–H and O–H groups in total. The van der Waals surface area contributed by atoms with Crippen LogP contribution in [0.25, 0.3) is 0 Å². The number of hydrogen-bond acceptors (Lipinski definition) is 4. The predicted octanol–water partition coefficient (Wildman–Crippen LogP) is 2.72. The normalized spacial score (nSPS) is 12.3. The fourth-order valence-electron chi connectivity index (χ4n) is 1.64. The van der Waals surface area contributed by atoms with Gasteiger partial charge in [0.15, 0.2) is 11.5 Å². The van der Waals surface area contributed by atoms with Gasteiger partial charge in [-0.05, 0) is 47.0 Å². The molecule has 0 amide bonds. The molecule has 1 rings (SSSR count). The fourth-order valence-corrected chi connectivity index (χ4v) is 2.25. The first-order valence-corrected chi connectivity index (χ1v) is 7.25. The number of aliphatic hydroxyl groups excluding tert-OH is 1. The second-order valence-electron chi connectivity index (χ2n) is 4.44. The maximum absolute atomic E-state index is 9.21. The first-order chi connectivity index (χ1) is 9.08. The van der Waals surface area contributed by atoms with Crippen molar-refractivity contribution in [2.75, 3.05) is 20.3 Å². The molecule has 1 aromatic rings. The summed E-state index contributed by atoms with van der Waals surface area (Å²) in [6.07, 6.45) is 0.602. The van der Waals surface area contributed by atoms with Crippen LogP contribution in [-0.4, -0.2) is 31.5 Å². The molecule has 108 valence electrons. The largest absolute Gasteiger partial charge is 0.493 e. The van der Waals surface area contributed by atoms with Gasteiger partial charge in [0.1, 0.15) is 0 Å². The van der Waals surface area contributed by atoms with Gasteiger partial charge in [-0.1, -0.05) is 6.92 Å². The summed E-state index contributed by atoms with van der Waals surface area (Å²) in [5, 5.41) is 12.4. The van der Waals surface area contributed by atoms with E-state index in [0.717, 1.165) is 28.0 Å². The van der Waals surface area contributed by atoms with Gasteiger partial charge in [0.25, 0.3) is 0 Å². The second kappa shape index (κ2) is 8.40. The average Bonchev–Trinajstić information content (AvgIpc) is 2.36. The van der Waals surface area contributed by atoms with E-state index in [1.165, 1.54) is 0 Å². The Balaban J connectivity index is 2.77. The lowest BCUT2D eigenvalue weighted by Gasteiger charge is -2.14. The zero-order chi connectivity index (χ0) is 14.3. The number of aliphatic hydroxyl groups is 1. The van der Waals surface area contributed by atoms with E-state index in [4.69, 9.17) is 9.47 Å². The highest BCUT2D eigenvalue weighted by Gasteiger charge is 2.11. The van der Waals surface area contributed by atoms with Crippen molar-refractivity contribution in [3.63, 3.8) is 0 Å². The van der Waals surface area contributed by atoms with Crippen LogP contribution in [0.3, 0.4) is 0 Å². The minimum Gasteiger partial charge on any atom is -0.493 e. The van der Waals surface area contributed by atoms with E-state index in [0.29, 0.717) is 19.7 Å². The van der Waals surface area contributed by atoms with Crippen molar-refractivity contribution >= 4 is 15.9 Å². The quantitative estimate of drug-likeness (QED) is 0.769. The van der Waals surface area contributed by atoms with E-state index in [2.05, 4.69) is 28.2 Å². The van der Waals surface area contributed by atoms with E-state index in [-0.39, 0.29) is 6.10 Å². The topological polar surface area (TPSA) is 50.7 Å². The molecule has 0 saturated heterocycles. The van der Waals surface area contributed by atoms with Crippen LogP contribution >= 0.6 is 15.9 Å². The standard InChI is InChI=1S/C14H22BrNO3/c1-4-5-19-14-12(15)6-11(7-13(14)18-3)9-16-8-10(2)17/h6-7,10,16-17H,4-5,8-9H2,1-3H3/t10-/m1/s1. The van der Waals surface area contributed by atoms with Gasteiger partial charge in [0.05, 0.1) is 24.3 Å². The van der Waals surface area contributed by atoms with E-state index in [1.54, 1.807) is 14.0 Å². The second-order valence-corrected chi connectivity index (χ2v) is 5.29. The Labute approximate surface area is 123 Å². The van der Waals surface area contributed by atoms with Crippen LogP contribution in [0.1, 0.15) is 25.8 Å². The van der Waals surface area contributed by atoms with E-state index in [1.807, 2.05) is 12.1 Å². The van der Waals surface area contributed by atoms with Crippen LogP contribution in [0.2, 0.25) is 0 Å². The zero-order valence-electron chi connectivity index (χ0n) is 11.7. The molecule has 0 radical (unpaired) electrons. The van der Waals surface area contributed by atoms with Gasteiger partial charge in [0.2, 0.25) is 0 Å². The Morgan fingerprint density at radius 3 is 2.74 bits per heavy atom. The molecule has 0 unspecified atom stereocenters. The van der Waals surface area contributed by atoms with Gasteiger partial charge in [-0.2, -0.15) is 0 Å². The molecule has 0 heterocycles. The molecular formula is C14H22BrNO3. The van der Waals surface area contributed by atoms with Crippen LogP contribution in [-0.2, 0) is 6.54 Å². The summed E-state index contributed by atoms with van der Waals surface area (Å²) in [6.45, 7) is 5.72. The lowest BCUT2D eigenvalue weighted by Crippen LogP contribution is -2.23. The SMILES string of the molecule is CCCOc1c(Br)cc(CNC[C@@H](C)O)cc1OC. The molecular weight excluding hydrogens is 310 g/mol. The number of hydrogen-bond donors (Lipinski definition) is 2. The third-order valence-corrected chi connectivity index (χ3v) is 3.10. The Hall–Kier alpha value is -0.780. The third-order valence-electron chi connectivity index (χ3n) is 2.51. The molecule has 0 aliphatic heterocycles.